The van der Waals surface area contributed by atoms with Gasteiger partial charge in [0, 0.05) is 18.1 Å². The number of hydrogen-bond acceptors (Lipinski definition) is 4. The van der Waals surface area contributed by atoms with Crippen molar-refractivity contribution in [3.05, 3.63) is 47.0 Å². The van der Waals surface area contributed by atoms with Crippen LogP contribution in [0.4, 0.5) is 0 Å². The van der Waals surface area contributed by atoms with Crippen molar-refractivity contribution in [2.45, 2.75) is 26.2 Å². The summed E-state index contributed by atoms with van der Waals surface area (Å²) in [5, 5.41) is 20.5. The van der Waals surface area contributed by atoms with Crippen molar-refractivity contribution in [2.75, 3.05) is 14.2 Å². The highest BCUT2D eigenvalue weighted by Gasteiger charge is 2.15. The molecule has 0 amide bonds. The lowest BCUT2D eigenvalue weighted by molar-refractivity contribution is 0.391. The largest absolute Gasteiger partial charge is 0.508 e. The molecule has 0 aliphatic rings. The number of hydrogen-bond donors (Lipinski definition) is 2. The van der Waals surface area contributed by atoms with Gasteiger partial charge < -0.3 is 19.7 Å². The molecule has 4 heteroatoms. The maximum Gasteiger partial charge on any atom is 0.126 e. The number of methoxy groups -OCH3 is 2. The Morgan fingerprint density at radius 2 is 1.68 bits per heavy atom. The second-order valence-corrected chi connectivity index (χ2v) is 5.18. The van der Waals surface area contributed by atoms with Gasteiger partial charge in [0.25, 0.3) is 0 Å². The molecule has 0 aliphatic carbocycles. The maximum absolute atomic E-state index is 10.4. The van der Waals surface area contributed by atoms with Crippen LogP contribution in [0.25, 0.3) is 0 Å². The molecular weight excluding hydrogens is 280 g/mol. The predicted molar refractivity (Wildman–Crippen MR) is 86.1 cm³/mol. The molecule has 22 heavy (non-hydrogen) atoms. The molecule has 0 radical (unpaired) electrons. The third-order valence-corrected chi connectivity index (χ3v) is 3.72. The van der Waals surface area contributed by atoms with Gasteiger partial charge in [-0.25, -0.2) is 0 Å². The Kier molecular flexibility index (Phi) is 5.15. The first kappa shape index (κ1) is 16.0. The fourth-order valence-corrected chi connectivity index (χ4v) is 2.51. The summed E-state index contributed by atoms with van der Waals surface area (Å²) >= 11 is 0. The molecule has 0 saturated heterocycles. The predicted octanol–water partition coefficient (Wildman–Crippen LogP) is 3.66. The smallest absolute Gasteiger partial charge is 0.126 e. The molecular formula is C18H22O4. The molecule has 0 heterocycles. The zero-order valence-corrected chi connectivity index (χ0v) is 13.2. The van der Waals surface area contributed by atoms with Gasteiger partial charge >= 0.3 is 0 Å². The Hall–Kier alpha value is -2.36. The SMILES string of the molecule is CCCc1ccc(O)c(Cc2ccc(OC)cc2OC)c1O. The minimum absolute atomic E-state index is 0.0928. The van der Waals surface area contributed by atoms with E-state index in [9.17, 15) is 10.2 Å². The van der Waals surface area contributed by atoms with Gasteiger partial charge in [0.15, 0.2) is 0 Å². The first-order valence-electron chi connectivity index (χ1n) is 7.34. The van der Waals surface area contributed by atoms with E-state index in [-0.39, 0.29) is 11.5 Å². The monoisotopic (exact) mass is 302 g/mol. The normalized spacial score (nSPS) is 10.5. The lowest BCUT2D eigenvalue weighted by Gasteiger charge is -2.14. The second-order valence-electron chi connectivity index (χ2n) is 5.18. The van der Waals surface area contributed by atoms with Gasteiger partial charge in [0.1, 0.15) is 23.0 Å². The summed E-state index contributed by atoms with van der Waals surface area (Å²) in [6.45, 7) is 2.05. The van der Waals surface area contributed by atoms with Crippen LogP contribution < -0.4 is 9.47 Å². The molecule has 4 nitrogen and oxygen atoms in total. The van der Waals surface area contributed by atoms with Gasteiger partial charge in [-0.1, -0.05) is 25.5 Å². The van der Waals surface area contributed by atoms with E-state index in [4.69, 9.17) is 9.47 Å². The summed E-state index contributed by atoms with van der Waals surface area (Å²) in [5.74, 6) is 1.63. The van der Waals surface area contributed by atoms with Crippen molar-refractivity contribution in [3.63, 3.8) is 0 Å². The Morgan fingerprint density at radius 3 is 2.32 bits per heavy atom. The standard InChI is InChI=1S/C18H22O4/c1-4-5-12-7-9-16(19)15(18(12)20)10-13-6-8-14(21-2)11-17(13)22-3/h6-9,11,19-20H,4-5,10H2,1-3H3. The molecule has 118 valence electrons. The second kappa shape index (κ2) is 7.07. The average Bonchev–Trinajstić information content (AvgIpc) is 2.54. The summed E-state index contributed by atoms with van der Waals surface area (Å²) in [6.07, 6.45) is 2.10. The van der Waals surface area contributed by atoms with Crippen LogP contribution in [-0.2, 0) is 12.8 Å². The van der Waals surface area contributed by atoms with Gasteiger partial charge in [-0.15, -0.1) is 0 Å². The van der Waals surface area contributed by atoms with E-state index < -0.39 is 0 Å². The lowest BCUT2D eigenvalue weighted by Crippen LogP contribution is -1.97. The quantitative estimate of drug-likeness (QED) is 0.855. The number of aryl methyl sites for hydroxylation is 1. The average molecular weight is 302 g/mol. The Labute approximate surface area is 130 Å². The van der Waals surface area contributed by atoms with Crippen molar-refractivity contribution in [1.82, 2.24) is 0 Å². The summed E-state index contributed by atoms with van der Waals surface area (Å²) in [6, 6.07) is 8.91. The summed E-state index contributed by atoms with van der Waals surface area (Å²) in [5.41, 5.74) is 2.25. The van der Waals surface area contributed by atoms with Crippen LogP contribution in [0.5, 0.6) is 23.0 Å². The molecule has 0 atom stereocenters. The van der Waals surface area contributed by atoms with Crippen molar-refractivity contribution < 1.29 is 19.7 Å². The molecule has 0 fully saturated rings. The molecule has 0 saturated carbocycles. The summed E-state index contributed by atoms with van der Waals surface area (Å²) < 4.78 is 10.6. The molecule has 0 unspecified atom stereocenters. The van der Waals surface area contributed by atoms with Gasteiger partial charge in [0.2, 0.25) is 0 Å². The molecule has 0 aliphatic heterocycles. The van der Waals surface area contributed by atoms with E-state index in [2.05, 4.69) is 6.92 Å². The van der Waals surface area contributed by atoms with Gasteiger partial charge in [-0.05, 0) is 29.7 Å². The number of phenolic OH excluding ortho intramolecular Hbond substituents is 2. The highest BCUT2D eigenvalue weighted by molar-refractivity contribution is 5.53. The summed E-state index contributed by atoms with van der Waals surface area (Å²) in [4.78, 5) is 0. The van der Waals surface area contributed by atoms with E-state index >= 15 is 0 Å². The highest BCUT2D eigenvalue weighted by Crippen LogP contribution is 2.36. The first-order chi connectivity index (χ1) is 10.6. The molecule has 0 bridgehead atoms. The zero-order chi connectivity index (χ0) is 16.1. The van der Waals surface area contributed by atoms with Crippen molar-refractivity contribution in [1.29, 1.82) is 0 Å². The van der Waals surface area contributed by atoms with E-state index in [1.807, 2.05) is 12.1 Å². The van der Waals surface area contributed by atoms with E-state index in [1.165, 1.54) is 0 Å². The van der Waals surface area contributed by atoms with Crippen LogP contribution in [0.3, 0.4) is 0 Å². The van der Waals surface area contributed by atoms with Crippen molar-refractivity contribution >= 4 is 0 Å². The summed E-state index contributed by atoms with van der Waals surface area (Å²) in [7, 11) is 3.19. The Balaban J connectivity index is 2.40. The van der Waals surface area contributed by atoms with Crippen molar-refractivity contribution in [2.24, 2.45) is 0 Å². The molecule has 2 aromatic carbocycles. The number of aromatic hydroxyl groups is 2. The lowest BCUT2D eigenvalue weighted by atomic mass is 9.97. The molecule has 2 aromatic rings. The Morgan fingerprint density at radius 1 is 0.955 bits per heavy atom. The minimum atomic E-state index is 0.0928. The fraction of sp³-hybridized carbons (Fsp3) is 0.333. The third-order valence-electron chi connectivity index (χ3n) is 3.72. The van der Waals surface area contributed by atoms with Gasteiger partial charge in [-0.2, -0.15) is 0 Å². The van der Waals surface area contributed by atoms with Crippen molar-refractivity contribution in [3.8, 4) is 23.0 Å². The minimum Gasteiger partial charge on any atom is -0.508 e. The Bertz CT molecular complexity index is 650. The van der Waals surface area contributed by atoms with Crippen LogP contribution in [0.2, 0.25) is 0 Å². The van der Waals surface area contributed by atoms with E-state index in [0.717, 1.165) is 24.0 Å². The molecule has 0 aromatic heterocycles. The van der Waals surface area contributed by atoms with Crippen LogP contribution >= 0.6 is 0 Å². The van der Waals surface area contributed by atoms with Crippen LogP contribution in [0.15, 0.2) is 30.3 Å². The van der Waals surface area contributed by atoms with Gasteiger partial charge in [0.05, 0.1) is 14.2 Å². The fourth-order valence-electron chi connectivity index (χ4n) is 2.51. The number of ether oxygens (including phenoxy) is 2. The van der Waals surface area contributed by atoms with Gasteiger partial charge in [-0.3, -0.25) is 0 Å². The molecule has 2 N–H and O–H groups in total. The van der Waals surface area contributed by atoms with Crippen LogP contribution in [-0.4, -0.2) is 24.4 Å². The number of rotatable bonds is 6. The first-order valence-corrected chi connectivity index (χ1v) is 7.34. The number of benzene rings is 2. The molecule has 2 rings (SSSR count). The zero-order valence-electron chi connectivity index (χ0n) is 13.2. The topological polar surface area (TPSA) is 58.9 Å². The third kappa shape index (κ3) is 3.27. The van der Waals surface area contributed by atoms with E-state index in [0.29, 0.717) is 23.5 Å². The maximum atomic E-state index is 10.4. The van der Waals surface area contributed by atoms with Crippen LogP contribution in [0.1, 0.15) is 30.0 Å². The van der Waals surface area contributed by atoms with Crippen LogP contribution in [0, 0.1) is 0 Å². The highest BCUT2D eigenvalue weighted by atomic mass is 16.5. The van der Waals surface area contributed by atoms with E-state index in [1.54, 1.807) is 32.4 Å². The molecule has 0 spiro atoms. The number of phenols is 2.